The smallest absolute Gasteiger partial charge is 0.227 e. The largest absolute Gasteiger partial charge is 0.494 e. The van der Waals surface area contributed by atoms with E-state index >= 15 is 0 Å². The van der Waals surface area contributed by atoms with E-state index in [9.17, 15) is 0 Å². The number of hydrogen-bond donors (Lipinski definition) is 0. The van der Waals surface area contributed by atoms with Gasteiger partial charge in [0.2, 0.25) is 11.6 Å². The number of hydrogen-bond acceptors (Lipinski definition) is 6. The summed E-state index contributed by atoms with van der Waals surface area (Å²) >= 11 is 0. The third-order valence-corrected chi connectivity index (χ3v) is 4.82. The highest BCUT2D eigenvalue weighted by Gasteiger charge is 2.18. The molecule has 0 radical (unpaired) electrons. The number of ether oxygens (including phenoxy) is 4. The van der Waals surface area contributed by atoms with Gasteiger partial charge in [-0.1, -0.05) is 6.07 Å². The van der Waals surface area contributed by atoms with Crippen LogP contribution in [0, 0.1) is 0 Å². The van der Waals surface area contributed by atoms with Gasteiger partial charge in [0.25, 0.3) is 0 Å². The standard InChI is InChI=1S/C24H23NO5/c1-5-29-17-9-6-15(7-10-17)24-25-19-12-8-16(14-21(19)30-24)18-11-13-20(26-2)23(28-4)22(18)27-3/h6-14H,5H2,1-4H3. The van der Waals surface area contributed by atoms with E-state index in [-0.39, 0.29) is 0 Å². The van der Waals surface area contributed by atoms with Crippen LogP contribution in [0.4, 0.5) is 0 Å². The van der Waals surface area contributed by atoms with Crippen LogP contribution in [0.3, 0.4) is 0 Å². The minimum Gasteiger partial charge on any atom is -0.494 e. The number of rotatable bonds is 7. The normalized spacial score (nSPS) is 10.8. The number of benzene rings is 3. The summed E-state index contributed by atoms with van der Waals surface area (Å²) in [5.41, 5.74) is 4.15. The highest BCUT2D eigenvalue weighted by Crippen LogP contribution is 2.44. The lowest BCUT2D eigenvalue weighted by molar-refractivity contribution is 0.325. The molecule has 6 nitrogen and oxygen atoms in total. The van der Waals surface area contributed by atoms with Gasteiger partial charge in [-0.25, -0.2) is 4.98 Å². The number of fused-ring (bicyclic) bond motifs is 1. The minimum atomic E-state index is 0.547. The molecule has 0 atom stereocenters. The van der Waals surface area contributed by atoms with E-state index in [1.807, 2.05) is 61.5 Å². The van der Waals surface area contributed by atoms with Crippen LogP contribution in [-0.2, 0) is 0 Å². The predicted octanol–water partition coefficient (Wildman–Crippen LogP) is 5.59. The van der Waals surface area contributed by atoms with Crippen LogP contribution in [0.1, 0.15) is 6.92 Å². The van der Waals surface area contributed by atoms with E-state index in [1.165, 1.54) is 0 Å². The molecular weight excluding hydrogens is 382 g/mol. The molecule has 0 aliphatic carbocycles. The molecule has 154 valence electrons. The molecule has 0 amide bonds. The van der Waals surface area contributed by atoms with Crippen molar-refractivity contribution in [1.29, 1.82) is 0 Å². The molecule has 0 unspecified atom stereocenters. The maximum atomic E-state index is 6.04. The van der Waals surface area contributed by atoms with Crippen molar-refractivity contribution in [3.8, 4) is 45.6 Å². The zero-order valence-electron chi connectivity index (χ0n) is 17.4. The molecule has 0 aliphatic rings. The third kappa shape index (κ3) is 3.52. The zero-order chi connectivity index (χ0) is 21.1. The summed E-state index contributed by atoms with van der Waals surface area (Å²) in [4.78, 5) is 4.61. The second-order valence-electron chi connectivity index (χ2n) is 6.54. The molecule has 6 heteroatoms. The van der Waals surface area contributed by atoms with Crippen LogP contribution in [0.5, 0.6) is 23.0 Å². The third-order valence-electron chi connectivity index (χ3n) is 4.82. The van der Waals surface area contributed by atoms with Gasteiger partial charge < -0.3 is 23.4 Å². The molecule has 1 aromatic heterocycles. The molecule has 0 bridgehead atoms. The topological polar surface area (TPSA) is 63.0 Å². The molecule has 4 rings (SSSR count). The maximum absolute atomic E-state index is 6.04. The van der Waals surface area contributed by atoms with E-state index in [4.69, 9.17) is 23.4 Å². The van der Waals surface area contributed by atoms with Gasteiger partial charge >= 0.3 is 0 Å². The molecule has 0 saturated carbocycles. The Morgan fingerprint density at radius 2 is 1.53 bits per heavy atom. The lowest BCUT2D eigenvalue weighted by Gasteiger charge is -2.15. The molecule has 0 spiro atoms. The molecule has 0 fully saturated rings. The van der Waals surface area contributed by atoms with E-state index in [2.05, 4.69) is 4.98 Å². The van der Waals surface area contributed by atoms with Gasteiger partial charge in [0, 0.05) is 11.1 Å². The molecule has 1 heterocycles. The van der Waals surface area contributed by atoms with Crippen molar-refractivity contribution in [2.45, 2.75) is 6.92 Å². The average molecular weight is 405 g/mol. The van der Waals surface area contributed by atoms with Crippen molar-refractivity contribution < 1.29 is 23.4 Å². The number of aromatic nitrogens is 1. The van der Waals surface area contributed by atoms with Crippen molar-refractivity contribution >= 4 is 11.1 Å². The first-order valence-corrected chi connectivity index (χ1v) is 9.61. The first-order chi connectivity index (χ1) is 14.7. The van der Waals surface area contributed by atoms with Crippen molar-refractivity contribution in [2.75, 3.05) is 27.9 Å². The Bertz CT molecular complexity index is 1160. The molecule has 0 aliphatic heterocycles. The van der Waals surface area contributed by atoms with Crippen LogP contribution in [-0.4, -0.2) is 32.9 Å². The van der Waals surface area contributed by atoms with E-state index in [1.54, 1.807) is 21.3 Å². The summed E-state index contributed by atoms with van der Waals surface area (Å²) in [6.45, 7) is 2.59. The van der Waals surface area contributed by atoms with Crippen LogP contribution >= 0.6 is 0 Å². The molecule has 30 heavy (non-hydrogen) atoms. The van der Waals surface area contributed by atoms with Gasteiger partial charge in [-0.15, -0.1) is 0 Å². The zero-order valence-corrected chi connectivity index (χ0v) is 17.4. The molecular formula is C24H23NO5. The van der Waals surface area contributed by atoms with Gasteiger partial charge in [-0.05, 0) is 61.0 Å². The van der Waals surface area contributed by atoms with E-state index in [0.717, 1.165) is 28.0 Å². The second kappa shape index (κ2) is 8.37. The summed E-state index contributed by atoms with van der Waals surface area (Å²) < 4.78 is 28.0. The first-order valence-electron chi connectivity index (χ1n) is 9.61. The van der Waals surface area contributed by atoms with Gasteiger partial charge in [-0.2, -0.15) is 0 Å². The molecule has 4 aromatic rings. The van der Waals surface area contributed by atoms with Crippen molar-refractivity contribution in [2.24, 2.45) is 0 Å². The quantitative estimate of drug-likeness (QED) is 0.400. The lowest BCUT2D eigenvalue weighted by atomic mass is 10.0. The van der Waals surface area contributed by atoms with E-state index in [0.29, 0.717) is 35.3 Å². The summed E-state index contributed by atoms with van der Waals surface area (Å²) in [5, 5.41) is 0. The Morgan fingerprint density at radius 1 is 0.800 bits per heavy atom. The SMILES string of the molecule is CCOc1ccc(-c2nc3ccc(-c4ccc(OC)c(OC)c4OC)cc3o2)cc1. The Hall–Kier alpha value is -3.67. The Kier molecular flexibility index (Phi) is 5.48. The van der Waals surface area contributed by atoms with Crippen molar-refractivity contribution in [3.63, 3.8) is 0 Å². The average Bonchev–Trinajstić information content (AvgIpc) is 3.22. The Labute approximate surface area is 175 Å². The number of methoxy groups -OCH3 is 3. The van der Waals surface area contributed by atoms with Gasteiger partial charge in [-0.3, -0.25) is 0 Å². The highest BCUT2D eigenvalue weighted by atomic mass is 16.5. The van der Waals surface area contributed by atoms with Gasteiger partial charge in [0.05, 0.1) is 27.9 Å². The minimum absolute atomic E-state index is 0.547. The van der Waals surface area contributed by atoms with E-state index < -0.39 is 0 Å². The number of nitrogens with zero attached hydrogens (tertiary/aromatic N) is 1. The van der Waals surface area contributed by atoms with Gasteiger partial charge in [0.15, 0.2) is 17.1 Å². The molecule has 3 aromatic carbocycles. The second-order valence-corrected chi connectivity index (χ2v) is 6.54. The fourth-order valence-electron chi connectivity index (χ4n) is 3.40. The van der Waals surface area contributed by atoms with Crippen LogP contribution < -0.4 is 18.9 Å². The summed E-state index contributed by atoms with van der Waals surface area (Å²) in [6, 6.07) is 17.4. The Balaban J connectivity index is 1.74. The lowest BCUT2D eigenvalue weighted by Crippen LogP contribution is -1.96. The fourth-order valence-corrected chi connectivity index (χ4v) is 3.40. The van der Waals surface area contributed by atoms with Crippen LogP contribution in [0.2, 0.25) is 0 Å². The number of oxazole rings is 1. The van der Waals surface area contributed by atoms with Crippen LogP contribution in [0.15, 0.2) is 59.0 Å². The van der Waals surface area contributed by atoms with Crippen LogP contribution in [0.25, 0.3) is 33.7 Å². The molecule has 0 N–H and O–H groups in total. The fraction of sp³-hybridized carbons (Fsp3) is 0.208. The summed E-state index contributed by atoms with van der Waals surface area (Å²) in [5.74, 6) is 3.13. The predicted molar refractivity (Wildman–Crippen MR) is 116 cm³/mol. The molecule has 0 saturated heterocycles. The summed E-state index contributed by atoms with van der Waals surface area (Å²) in [7, 11) is 4.80. The van der Waals surface area contributed by atoms with Crippen molar-refractivity contribution in [3.05, 3.63) is 54.6 Å². The summed E-state index contributed by atoms with van der Waals surface area (Å²) in [6.07, 6.45) is 0. The maximum Gasteiger partial charge on any atom is 0.227 e. The van der Waals surface area contributed by atoms with Gasteiger partial charge in [0.1, 0.15) is 11.3 Å². The monoisotopic (exact) mass is 405 g/mol. The first kappa shape index (κ1) is 19.6. The van der Waals surface area contributed by atoms with Crippen molar-refractivity contribution in [1.82, 2.24) is 4.98 Å². The highest BCUT2D eigenvalue weighted by molar-refractivity contribution is 5.85. The Morgan fingerprint density at radius 3 is 2.20 bits per heavy atom.